The second-order valence-corrected chi connectivity index (χ2v) is 10.1. The fourth-order valence-corrected chi connectivity index (χ4v) is 6.04. The minimum Gasteiger partial charge on any atom is -0.402 e. The van der Waals surface area contributed by atoms with Gasteiger partial charge in [-0.1, -0.05) is 0 Å². The molecule has 10 heteroatoms. The van der Waals surface area contributed by atoms with Gasteiger partial charge in [-0.05, 0) is 63.5 Å². The van der Waals surface area contributed by atoms with Crippen LogP contribution in [0.3, 0.4) is 0 Å². The number of hydrogen-bond donors (Lipinski definition) is 1. The predicted molar refractivity (Wildman–Crippen MR) is 121 cm³/mol. The molecule has 5 rings (SSSR count). The van der Waals surface area contributed by atoms with Gasteiger partial charge in [0.15, 0.2) is 11.6 Å². The Morgan fingerprint density at radius 3 is 2.38 bits per heavy atom. The van der Waals surface area contributed by atoms with Crippen LogP contribution in [0.2, 0.25) is 0 Å². The average molecular weight is 480 g/mol. The molecule has 34 heavy (non-hydrogen) atoms. The molecule has 1 aliphatic heterocycles. The lowest BCUT2D eigenvalue weighted by molar-refractivity contribution is -0.274. The highest BCUT2D eigenvalue weighted by molar-refractivity contribution is 5.64. The third-order valence-corrected chi connectivity index (χ3v) is 7.74. The van der Waals surface area contributed by atoms with E-state index < -0.39 is 12.1 Å². The first-order chi connectivity index (χ1) is 16.1. The number of alkyl halides is 3. The molecule has 2 aliphatic carbocycles. The van der Waals surface area contributed by atoms with Crippen molar-refractivity contribution in [1.29, 1.82) is 0 Å². The summed E-state index contributed by atoms with van der Waals surface area (Å²) in [6.07, 6.45) is 1.59. The Bertz CT molecular complexity index is 1020. The summed E-state index contributed by atoms with van der Waals surface area (Å²) in [7, 11) is 1.80. The number of hydrogen-bond acceptors (Lipinski definition) is 6. The summed E-state index contributed by atoms with van der Waals surface area (Å²) >= 11 is 0. The summed E-state index contributed by atoms with van der Waals surface area (Å²) in [4.78, 5) is 6.53. The Morgan fingerprint density at radius 2 is 1.79 bits per heavy atom. The van der Waals surface area contributed by atoms with Crippen molar-refractivity contribution in [3.05, 3.63) is 24.0 Å². The second kappa shape index (κ2) is 8.71. The van der Waals surface area contributed by atoms with Gasteiger partial charge in [0.05, 0.1) is 11.8 Å². The van der Waals surface area contributed by atoms with E-state index in [0.717, 1.165) is 31.6 Å². The van der Waals surface area contributed by atoms with Gasteiger partial charge in [-0.25, -0.2) is 4.98 Å². The zero-order valence-electron chi connectivity index (χ0n) is 19.8. The van der Waals surface area contributed by atoms with Crippen LogP contribution in [0.1, 0.15) is 57.2 Å². The lowest BCUT2D eigenvalue weighted by Gasteiger charge is -2.36. The van der Waals surface area contributed by atoms with Gasteiger partial charge in [0.1, 0.15) is 0 Å². The number of anilines is 1. The van der Waals surface area contributed by atoms with E-state index in [2.05, 4.69) is 28.5 Å². The van der Waals surface area contributed by atoms with Gasteiger partial charge in [0, 0.05) is 55.7 Å². The largest absolute Gasteiger partial charge is 0.573 e. The number of piperidine rings is 1. The summed E-state index contributed by atoms with van der Waals surface area (Å²) < 4.78 is 49.8. The number of fused-ring (bicyclic) bond motifs is 1. The molecule has 1 saturated heterocycles. The summed E-state index contributed by atoms with van der Waals surface area (Å²) in [5.41, 5.74) is 7.80. The molecule has 0 radical (unpaired) electrons. The Morgan fingerprint density at radius 1 is 1.12 bits per heavy atom. The molecule has 2 N–H and O–H groups in total. The lowest BCUT2D eigenvalue weighted by atomic mass is 9.99. The van der Waals surface area contributed by atoms with Crippen molar-refractivity contribution in [3.8, 4) is 17.0 Å². The molecule has 0 amide bonds. The first kappa shape index (κ1) is 23.4. The molecule has 2 saturated carbocycles. The molecule has 0 spiro atoms. The summed E-state index contributed by atoms with van der Waals surface area (Å²) in [5.74, 6) is 0.918. The number of aromatic nitrogens is 3. The summed E-state index contributed by atoms with van der Waals surface area (Å²) in [5, 5.41) is 4.74. The van der Waals surface area contributed by atoms with Crippen molar-refractivity contribution in [2.45, 2.75) is 70.0 Å². The first-order valence-electron chi connectivity index (χ1n) is 12.0. The van der Waals surface area contributed by atoms with Crippen LogP contribution in [0.25, 0.3) is 11.3 Å². The zero-order valence-corrected chi connectivity index (χ0v) is 19.8. The number of likely N-dealkylation sites (tertiary alicyclic amines) is 1. The van der Waals surface area contributed by atoms with Crippen LogP contribution in [-0.2, 0) is 4.74 Å². The lowest BCUT2D eigenvalue weighted by Crippen LogP contribution is -2.42. The monoisotopic (exact) mass is 479 g/mol. The van der Waals surface area contributed by atoms with Crippen molar-refractivity contribution in [2.75, 3.05) is 25.9 Å². The molecule has 2 aromatic rings. The van der Waals surface area contributed by atoms with Gasteiger partial charge in [-0.15, -0.1) is 13.2 Å². The molecule has 3 aliphatic rings. The maximum Gasteiger partial charge on any atom is 0.573 e. The maximum absolute atomic E-state index is 12.7. The van der Waals surface area contributed by atoms with Crippen molar-refractivity contribution < 1.29 is 22.6 Å². The second-order valence-electron chi connectivity index (χ2n) is 10.1. The number of pyridine rings is 1. The number of ether oxygens (including phenoxy) is 2. The van der Waals surface area contributed by atoms with E-state index in [4.69, 9.17) is 15.6 Å². The van der Waals surface area contributed by atoms with Crippen LogP contribution < -0.4 is 10.5 Å². The highest BCUT2D eigenvalue weighted by Crippen LogP contribution is 2.64. The maximum atomic E-state index is 12.7. The molecular weight excluding hydrogens is 447 g/mol. The highest BCUT2D eigenvalue weighted by Gasteiger charge is 2.58. The topological polar surface area (TPSA) is 78.4 Å². The van der Waals surface area contributed by atoms with E-state index in [1.165, 1.54) is 25.1 Å². The number of halogens is 3. The van der Waals surface area contributed by atoms with Crippen LogP contribution in [0.4, 0.5) is 19.0 Å². The quantitative estimate of drug-likeness (QED) is 0.652. The third kappa shape index (κ3) is 4.49. The smallest absolute Gasteiger partial charge is 0.402 e. The van der Waals surface area contributed by atoms with E-state index in [0.29, 0.717) is 41.2 Å². The van der Waals surface area contributed by atoms with Crippen molar-refractivity contribution in [1.82, 2.24) is 19.7 Å². The molecule has 0 aromatic carbocycles. The fraction of sp³-hybridized carbons (Fsp3) is 0.667. The first-order valence-corrected chi connectivity index (χ1v) is 12.0. The molecule has 186 valence electrons. The highest BCUT2D eigenvalue weighted by atomic mass is 19.4. The SMILES string of the molecule is COC1CCN([C@@H]2C[C@@H]3[C@H](C2)[C@H]3c2cc(-c3cnc(N)c(OC(F)(F)F)c3)nn2C(C)C)CC1. The molecule has 0 bridgehead atoms. The van der Waals surface area contributed by atoms with Crippen LogP contribution in [0.15, 0.2) is 18.3 Å². The van der Waals surface area contributed by atoms with E-state index in [1.807, 2.05) is 10.7 Å². The summed E-state index contributed by atoms with van der Waals surface area (Å²) in [6, 6.07) is 4.05. The van der Waals surface area contributed by atoms with Gasteiger partial charge >= 0.3 is 6.36 Å². The molecule has 3 fully saturated rings. The Balaban J connectivity index is 1.32. The van der Waals surface area contributed by atoms with Gasteiger partial charge < -0.3 is 20.1 Å². The molecule has 7 nitrogen and oxygen atoms in total. The Labute approximate surface area is 197 Å². The van der Waals surface area contributed by atoms with Crippen LogP contribution in [-0.4, -0.2) is 58.4 Å². The predicted octanol–water partition coefficient (Wildman–Crippen LogP) is 4.61. The van der Waals surface area contributed by atoms with Crippen molar-refractivity contribution >= 4 is 5.82 Å². The van der Waals surface area contributed by atoms with E-state index >= 15 is 0 Å². The van der Waals surface area contributed by atoms with Crippen LogP contribution >= 0.6 is 0 Å². The van der Waals surface area contributed by atoms with Gasteiger partial charge in [0.25, 0.3) is 0 Å². The minimum atomic E-state index is -4.84. The van der Waals surface area contributed by atoms with Crippen molar-refractivity contribution in [2.24, 2.45) is 11.8 Å². The van der Waals surface area contributed by atoms with Crippen molar-refractivity contribution in [3.63, 3.8) is 0 Å². The van der Waals surface area contributed by atoms with Crippen LogP contribution in [0.5, 0.6) is 5.75 Å². The Hall–Kier alpha value is -2.33. The average Bonchev–Trinajstić information content (AvgIpc) is 3.14. The summed E-state index contributed by atoms with van der Waals surface area (Å²) in [6.45, 7) is 6.35. The van der Waals surface area contributed by atoms with Crippen LogP contribution in [0, 0.1) is 11.8 Å². The fourth-order valence-electron chi connectivity index (χ4n) is 6.04. The minimum absolute atomic E-state index is 0.140. The molecule has 4 atom stereocenters. The standard InChI is InChI=1S/C24H32F3N5O2/c1-13(2)32-20(11-19(30-32)14-8-21(23(28)29-12-14)34-24(25,26)27)22-17-9-15(10-18(17)22)31-6-4-16(33-3)5-7-31/h8,11-13,15-18,22H,4-7,9-10H2,1-3H3,(H2,28,29)/t15-,17-,18+,22+. The van der Waals surface area contributed by atoms with Gasteiger partial charge in [-0.3, -0.25) is 4.68 Å². The van der Waals surface area contributed by atoms with Gasteiger partial charge in [0.2, 0.25) is 0 Å². The van der Waals surface area contributed by atoms with E-state index in [9.17, 15) is 13.2 Å². The third-order valence-electron chi connectivity index (χ3n) is 7.74. The number of nitrogens with two attached hydrogens (primary N) is 1. The Kier molecular flexibility index (Phi) is 6.00. The zero-order chi connectivity index (χ0) is 24.2. The van der Waals surface area contributed by atoms with E-state index in [-0.39, 0.29) is 11.9 Å². The molecular formula is C24H32F3N5O2. The van der Waals surface area contributed by atoms with E-state index in [1.54, 1.807) is 7.11 Å². The van der Waals surface area contributed by atoms with Gasteiger partial charge in [-0.2, -0.15) is 5.10 Å². The molecule has 2 aromatic heterocycles. The number of nitrogens with zero attached hydrogens (tertiary/aromatic N) is 4. The normalized spacial score (nSPS) is 27.9. The number of methoxy groups -OCH3 is 1. The molecule has 0 unspecified atom stereocenters. The number of nitrogen functional groups attached to an aromatic ring is 1. The number of rotatable bonds is 6. The molecule has 3 heterocycles.